The van der Waals surface area contributed by atoms with E-state index in [0.29, 0.717) is 23.0 Å². The van der Waals surface area contributed by atoms with Gasteiger partial charge in [-0.1, -0.05) is 24.3 Å². The minimum Gasteiger partial charge on any atom is -0.480 e. The van der Waals surface area contributed by atoms with Gasteiger partial charge in [-0.2, -0.15) is 0 Å². The summed E-state index contributed by atoms with van der Waals surface area (Å²) in [5.41, 5.74) is 3.40. The molecule has 0 bridgehead atoms. The monoisotopic (exact) mass is 507 g/mol. The Morgan fingerprint density at radius 1 is 0.974 bits per heavy atom. The summed E-state index contributed by atoms with van der Waals surface area (Å²) in [4.78, 5) is 43.4. The first-order chi connectivity index (χ1) is 18.5. The van der Waals surface area contributed by atoms with E-state index in [4.69, 9.17) is 0 Å². The first-order valence-corrected chi connectivity index (χ1v) is 11.9. The van der Waals surface area contributed by atoms with Gasteiger partial charge in [-0.25, -0.2) is 19.7 Å². The first-order valence-electron chi connectivity index (χ1n) is 11.9. The molecule has 1 atom stereocenters. The number of rotatable bonds is 9. The van der Waals surface area contributed by atoms with Crippen molar-refractivity contribution in [2.24, 2.45) is 0 Å². The van der Waals surface area contributed by atoms with Gasteiger partial charge in [0.15, 0.2) is 0 Å². The normalized spacial score (nSPS) is 11.6. The van der Waals surface area contributed by atoms with Gasteiger partial charge in [0.25, 0.3) is 5.91 Å². The van der Waals surface area contributed by atoms with Crippen LogP contribution in [0.1, 0.15) is 10.4 Å². The number of hydrogen-bond acceptors (Lipinski definition) is 7. The molecule has 4 N–H and O–H groups in total. The number of carboxylic acids is 1. The third-order valence-corrected chi connectivity index (χ3v) is 6.00. The SMILES string of the molecule is CNc1nccc(-c2cc3cc(C(=O)N[C@H](CN(c4ccccc4)c4ccccn4)C(=O)O)ccc3[nH]2)n1. The number of aromatic nitrogens is 4. The average molecular weight is 508 g/mol. The van der Waals surface area contributed by atoms with Gasteiger partial charge < -0.3 is 25.6 Å². The lowest BCUT2D eigenvalue weighted by Crippen LogP contribution is -2.47. The summed E-state index contributed by atoms with van der Waals surface area (Å²) >= 11 is 0. The molecule has 2 aromatic carbocycles. The number of anilines is 3. The molecule has 0 saturated heterocycles. The molecule has 0 saturated carbocycles. The third kappa shape index (κ3) is 5.29. The zero-order valence-electron chi connectivity index (χ0n) is 20.5. The van der Waals surface area contributed by atoms with Crippen molar-refractivity contribution < 1.29 is 14.7 Å². The van der Waals surface area contributed by atoms with Gasteiger partial charge in [-0.05, 0) is 54.6 Å². The molecular weight excluding hydrogens is 482 g/mol. The van der Waals surface area contributed by atoms with Crippen molar-refractivity contribution in [3.8, 4) is 11.4 Å². The van der Waals surface area contributed by atoms with E-state index < -0.39 is 17.9 Å². The van der Waals surface area contributed by atoms with Crippen LogP contribution in [0.25, 0.3) is 22.3 Å². The Kier molecular flexibility index (Phi) is 6.94. The molecule has 10 nitrogen and oxygen atoms in total. The van der Waals surface area contributed by atoms with E-state index in [1.165, 1.54) is 0 Å². The van der Waals surface area contributed by atoms with Crippen molar-refractivity contribution in [1.29, 1.82) is 0 Å². The van der Waals surface area contributed by atoms with Crippen molar-refractivity contribution in [3.63, 3.8) is 0 Å². The number of hydrogen-bond donors (Lipinski definition) is 4. The summed E-state index contributed by atoms with van der Waals surface area (Å²) in [6.07, 6.45) is 3.30. The van der Waals surface area contributed by atoms with E-state index in [2.05, 4.69) is 30.6 Å². The summed E-state index contributed by atoms with van der Waals surface area (Å²) in [6, 6.07) is 22.4. The lowest BCUT2D eigenvalue weighted by molar-refractivity contribution is -0.138. The van der Waals surface area contributed by atoms with E-state index in [-0.39, 0.29) is 6.54 Å². The Hall–Kier alpha value is -5.25. The minimum atomic E-state index is -1.19. The molecule has 0 aliphatic rings. The Labute approximate surface area is 218 Å². The van der Waals surface area contributed by atoms with Gasteiger partial charge in [0.2, 0.25) is 5.95 Å². The van der Waals surface area contributed by atoms with Gasteiger partial charge in [0, 0.05) is 41.6 Å². The highest BCUT2D eigenvalue weighted by Gasteiger charge is 2.25. The molecule has 0 radical (unpaired) electrons. The predicted octanol–water partition coefficient (Wildman–Crippen LogP) is 4.08. The highest BCUT2D eigenvalue weighted by Crippen LogP contribution is 2.25. The number of benzene rings is 2. The molecule has 0 aliphatic carbocycles. The molecule has 1 amide bonds. The molecule has 0 fully saturated rings. The first kappa shape index (κ1) is 24.4. The second-order valence-corrected chi connectivity index (χ2v) is 8.50. The maximum atomic E-state index is 13.2. The number of carbonyl (C=O) groups excluding carboxylic acids is 1. The lowest BCUT2D eigenvalue weighted by atomic mass is 10.1. The van der Waals surface area contributed by atoms with Crippen LogP contribution in [0.5, 0.6) is 0 Å². The highest BCUT2D eigenvalue weighted by molar-refractivity contribution is 6.00. The quantitative estimate of drug-likeness (QED) is 0.234. The summed E-state index contributed by atoms with van der Waals surface area (Å²) in [5.74, 6) is -0.567. The van der Waals surface area contributed by atoms with Gasteiger partial charge in [0.1, 0.15) is 11.9 Å². The van der Waals surface area contributed by atoms with Crippen LogP contribution < -0.4 is 15.5 Å². The van der Waals surface area contributed by atoms with Crippen LogP contribution in [-0.4, -0.2) is 56.6 Å². The van der Waals surface area contributed by atoms with Gasteiger partial charge >= 0.3 is 5.97 Å². The van der Waals surface area contributed by atoms with E-state index in [1.54, 1.807) is 60.7 Å². The second-order valence-electron chi connectivity index (χ2n) is 8.50. The number of pyridine rings is 1. The lowest BCUT2D eigenvalue weighted by Gasteiger charge is -2.27. The number of carbonyl (C=O) groups is 2. The fourth-order valence-electron chi connectivity index (χ4n) is 4.10. The van der Waals surface area contributed by atoms with Crippen molar-refractivity contribution in [1.82, 2.24) is 25.3 Å². The standard InChI is InChI=1S/C28H25N7O3/c1-29-28-31-14-12-22(34-28)23-16-19-15-18(10-11-21(19)32-23)26(36)33-24(27(37)38)17-35(20-7-3-2-4-8-20)25-9-5-6-13-30-25/h2-16,24,32H,17H2,1H3,(H,33,36)(H,37,38)(H,29,31,34)/t24-/m1/s1. The smallest absolute Gasteiger partial charge is 0.328 e. The molecule has 0 aliphatic heterocycles. The topological polar surface area (TPSA) is 136 Å². The van der Waals surface area contributed by atoms with Gasteiger partial charge in [-0.3, -0.25) is 4.79 Å². The Bertz CT molecular complexity index is 1530. The van der Waals surface area contributed by atoms with Gasteiger partial charge in [0.05, 0.1) is 17.9 Å². The molecule has 3 aromatic heterocycles. The Balaban J connectivity index is 1.38. The van der Waals surface area contributed by atoms with E-state index >= 15 is 0 Å². The van der Waals surface area contributed by atoms with E-state index in [0.717, 1.165) is 22.3 Å². The molecule has 0 unspecified atom stereocenters. The number of carboxylic acid groups (broad SMARTS) is 1. The largest absolute Gasteiger partial charge is 0.480 e. The molecule has 10 heteroatoms. The van der Waals surface area contributed by atoms with Crippen LogP contribution >= 0.6 is 0 Å². The van der Waals surface area contributed by atoms with Crippen molar-refractivity contribution in [2.45, 2.75) is 6.04 Å². The fourth-order valence-corrected chi connectivity index (χ4v) is 4.10. The summed E-state index contributed by atoms with van der Waals surface area (Å²) < 4.78 is 0. The van der Waals surface area contributed by atoms with Crippen LogP contribution in [0.15, 0.2) is 91.3 Å². The number of para-hydroxylation sites is 1. The van der Waals surface area contributed by atoms with Crippen LogP contribution in [-0.2, 0) is 4.79 Å². The Morgan fingerprint density at radius 3 is 2.53 bits per heavy atom. The number of aliphatic carboxylic acids is 1. The molecule has 5 rings (SSSR count). The minimum absolute atomic E-state index is 0.0137. The zero-order valence-corrected chi connectivity index (χ0v) is 20.5. The molecule has 3 heterocycles. The fraction of sp³-hybridized carbons (Fsp3) is 0.107. The third-order valence-electron chi connectivity index (χ3n) is 6.00. The zero-order chi connectivity index (χ0) is 26.5. The van der Waals surface area contributed by atoms with Crippen molar-refractivity contribution in [3.05, 3.63) is 96.8 Å². The second kappa shape index (κ2) is 10.8. The summed E-state index contributed by atoms with van der Waals surface area (Å²) in [6.45, 7) is -0.0137. The molecule has 38 heavy (non-hydrogen) atoms. The summed E-state index contributed by atoms with van der Waals surface area (Å²) in [7, 11) is 1.75. The summed E-state index contributed by atoms with van der Waals surface area (Å²) in [5, 5.41) is 16.4. The van der Waals surface area contributed by atoms with E-state index in [1.807, 2.05) is 42.5 Å². The molecular formula is C28H25N7O3. The average Bonchev–Trinajstić information content (AvgIpc) is 3.39. The number of aromatic amines is 1. The number of nitrogens with one attached hydrogen (secondary N) is 3. The number of nitrogens with zero attached hydrogens (tertiary/aromatic N) is 4. The van der Waals surface area contributed by atoms with Crippen LogP contribution in [0.2, 0.25) is 0 Å². The maximum Gasteiger partial charge on any atom is 0.328 e. The van der Waals surface area contributed by atoms with Gasteiger partial charge in [-0.15, -0.1) is 0 Å². The number of H-pyrrole nitrogens is 1. The maximum absolute atomic E-state index is 13.2. The van der Waals surface area contributed by atoms with E-state index in [9.17, 15) is 14.7 Å². The van der Waals surface area contributed by atoms with Crippen LogP contribution in [0, 0.1) is 0 Å². The highest BCUT2D eigenvalue weighted by atomic mass is 16.4. The molecule has 0 spiro atoms. The van der Waals surface area contributed by atoms with Crippen molar-refractivity contribution >= 4 is 40.2 Å². The molecule has 190 valence electrons. The predicted molar refractivity (Wildman–Crippen MR) is 145 cm³/mol. The van der Waals surface area contributed by atoms with Crippen molar-refractivity contribution in [2.75, 3.05) is 23.8 Å². The number of fused-ring (bicyclic) bond motifs is 1. The van der Waals surface area contributed by atoms with Crippen LogP contribution in [0.4, 0.5) is 17.5 Å². The Morgan fingerprint density at radius 2 is 1.79 bits per heavy atom. The number of amides is 1. The van der Waals surface area contributed by atoms with Crippen LogP contribution in [0.3, 0.4) is 0 Å². The molecule has 5 aromatic rings.